The molecule has 1 atom stereocenters. The molecular weight excluding hydrogens is 206 g/mol. The molecule has 3 heterocycles. The monoisotopic (exact) mass is 219 g/mol. The summed E-state index contributed by atoms with van der Waals surface area (Å²) in [5.41, 5.74) is 2.46. The lowest BCUT2D eigenvalue weighted by Gasteiger charge is -2.25. The van der Waals surface area contributed by atoms with Crippen LogP contribution in [0.15, 0.2) is 22.9 Å². The molecule has 0 aliphatic carbocycles. The number of nitrogens with one attached hydrogen (secondary N) is 1. The Bertz CT molecular complexity index is 458. The van der Waals surface area contributed by atoms with E-state index < -0.39 is 0 Å². The molecule has 1 aliphatic rings. The van der Waals surface area contributed by atoms with Crippen molar-refractivity contribution < 1.29 is 0 Å². The van der Waals surface area contributed by atoms with Gasteiger partial charge in [-0.1, -0.05) is 0 Å². The van der Waals surface area contributed by atoms with Crippen LogP contribution >= 0.6 is 11.3 Å². The van der Waals surface area contributed by atoms with Gasteiger partial charge in [-0.25, -0.2) is 4.68 Å². The van der Waals surface area contributed by atoms with Gasteiger partial charge in [0, 0.05) is 12.6 Å². The Kier molecular flexibility index (Phi) is 2.02. The van der Waals surface area contributed by atoms with E-state index in [1.807, 2.05) is 6.92 Å². The van der Waals surface area contributed by atoms with Gasteiger partial charge in [0.2, 0.25) is 0 Å². The molecule has 0 spiro atoms. The van der Waals surface area contributed by atoms with Gasteiger partial charge in [-0.2, -0.15) is 16.4 Å². The molecular formula is C11H13N3S. The van der Waals surface area contributed by atoms with Crippen molar-refractivity contribution >= 4 is 17.2 Å². The summed E-state index contributed by atoms with van der Waals surface area (Å²) in [4.78, 5) is 0. The van der Waals surface area contributed by atoms with Gasteiger partial charge in [-0.05, 0) is 35.7 Å². The summed E-state index contributed by atoms with van der Waals surface area (Å²) in [5, 5.41) is 12.3. The van der Waals surface area contributed by atoms with Crippen molar-refractivity contribution in [2.75, 3.05) is 11.9 Å². The third kappa shape index (κ3) is 1.45. The standard InChI is InChI=1S/C11H13N3S/c1-8-6-11-12-4-2-10(14(11)13-8)9-3-5-15-7-9/h3,5-7,10,12H,2,4H2,1H3. The fourth-order valence-electron chi connectivity index (χ4n) is 2.12. The molecule has 3 nitrogen and oxygen atoms in total. The van der Waals surface area contributed by atoms with Crippen LogP contribution < -0.4 is 5.32 Å². The van der Waals surface area contributed by atoms with Crippen LogP contribution in [0.1, 0.15) is 23.7 Å². The number of hydrogen-bond donors (Lipinski definition) is 1. The lowest BCUT2D eigenvalue weighted by Crippen LogP contribution is -2.23. The van der Waals surface area contributed by atoms with Crippen molar-refractivity contribution in [3.8, 4) is 0 Å². The largest absolute Gasteiger partial charge is 0.370 e. The van der Waals surface area contributed by atoms with Crippen LogP contribution in [0.2, 0.25) is 0 Å². The molecule has 0 radical (unpaired) electrons. The Hall–Kier alpha value is -1.29. The Morgan fingerprint density at radius 3 is 3.33 bits per heavy atom. The first kappa shape index (κ1) is 8.97. The average molecular weight is 219 g/mol. The fourth-order valence-corrected chi connectivity index (χ4v) is 2.83. The van der Waals surface area contributed by atoms with E-state index in [0.29, 0.717) is 6.04 Å². The van der Waals surface area contributed by atoms with Gasteiger partial charge in [-0.15, -0.1) is 0 Å². The summed E-state index contributed by atoms with van der Waals surface area (Å²) in [6.07, 6.45) is 1.12. The highest BCUT2D eigenvalue weighted by atomic mass is 32.1. The van der Waals surface area contributed by atoms with Crippen LogP contribution in [0.5, 0.6) is 0 Å². The second-order valence-electron chi connectivity index (χ2n) is 3.90. The molecule has 2 aromatic rings. The third-order valence-corrected chi connectivity index (χ3v) is 3.51. The van der Waals surface area contributed by atoms with Gasteiger partial charge in [0.25, 0.3) is 0 Å². The Morgan fingerprint density at radius 2 is 2.53 bits per heavy atom. The first-order valence-corrected chi connectivity index (χ1v) is 6.11. The van der Waals surface area contributed by atoms with Crippen LogP contribution in [0.3, 0.4) is 0 Å². The highest BCUT2D eigenvalue weighted by Crippen LogP contribution is 2.30. The van der Waals surface area contributed by atoms with Crippen molar-refractivity contribution in [2.24, 2.45) is 0 Å². The molecule has 78 valence electrons. The predicted octanol–water partition coefficient (Wildman–Crippen LogP) is 2.66. The highest BCUT2D eigenvalue weighted by Gasteiger charge is 2.22. The molecule has 1 aliphatic heterocycles. The molecule has 0 aromatic carbocycles. The molecule has 0 amide bonds. The number of anilines is 1. The summed E-state index contributed by atoms with van der Waals surface area (Å²) in [6.45, 7) is 3.07. The normalized spacial score (nSPS) is 19.7. The maximum Gasteiger partial charge on any atom is 0.125 e. The van der Waals surface area contributed by atoms with Gasteiger partial charge in [-0.3, -0.25) is 0 Å². The topological polar surface area (TPSA) is 29.9 Å². The number of aryl methyl sites for hydroxylation is 1. The van der Waals surface area contributed by atoms with E-state index in [1.54, 1.807) is 11.3 Å². The molecule has 1 unspecified atom stereocenters. The first-order valence-electron chi connectivity index (χ1n) is 5.17. The lowest BCUT2D eigenvalue weighted by atomic mass is 10.1. The molecule has 4 heteroatoms. The van der Waals surface area contributed by atoms with Gasteiger partial charge in [0.05, 0.1) is 11.7 Å². The van der Waals surface area contributed by atoms with Crippen molar-refractivity contribution in [2.45, 2.75) is 19.4 Å². The summed E-state index contributed by atoms with van der Waals surface area (Å²) in [7, 11) is 0. The number of hydrogen-bond acceptors (Lipinski definition) is 3. The smallest absolute Gasteiger partial charge is 0.125 e. The minimum absolute atomic E-state index is 0.418. The number of nitrogens with zero attached hydrogens (tertiary/aromatic N) is 2. The third-order valence-electron chi connectivity index (χ3n) is 2.80. The van der Waals surface area contributed by atoms with Gasteiger partial charge < -0.3 is 5.32 Å². The van der Waals surface area contributed by atoms with Crippen LogP contribution in [-0.4, -0.2) is 16.3 Å². The number of fused-ring (bicyclic) bond motifs is 1. The Balaban J connectivity index is 2.06. The number of thiophene rings is 1. The average Bonchev–Trinajstić information content (AvgIpc) is 2.82. The van der Waals surface area contributed by atoms with Crippen LogP contribution in [0, 0.1) is 6.92 Å². The maximum atomic E-state index is 4.55. The Morgan fingerprint density at radius 1 is 1.60 bits per heavy atom. The van der Waals surface area contributed by atoms with E-state index in [9.17, 15) is 0 Å². The van der Waals surface area contributed by atoms with Gasteiger partial charge >= 0.3 is 0 Å². The molecule has 1 N–H and O–H groups in total. The fraction of sp³-hybridized carbons (Fsp3) is 0.364. The maximum absolute atomic E-state index is 4.55. The highest BCUT2D eigenvalue weighted by molar-refractivity contribution is 7.07. The summed E-state index contributed by atoms with van der Waals surface area (Å²) >= 11 is 1.75. The van der Waals surface area contributed by atoms with Crippen molar-refractivity contribution in [1.29, 1.82) is 0 Å². The molecule has 3 rings (SSSR count). The van der Waals surface area contributed by atoms with E-state index in [0.717, 1.165) is 24.5 Å². The summed E-state index contributed by atoms with van der Waals surface area (Å²) in [6, 6.07) is 4.72. The van der Waals surface area contributed by atoms with Crippen LogP contribution in [0.25, 0.3) is 0 Å². The minimum atomic E-state index is 0.418. The minimum Gasteiger partial charge on any atom is -0.370 e. The molecule has 15 heavy (non-hydrogen) atoms. The summed E-state index contributed by atoms with van der Waals surface area (Å²) < 4.78 is 2.11. The zero-order valence-electron chi connectivity index (χ0n) is 8.60. The SMILES string of the molecule is Cc1cc2n(n1)C(c1ccsc1)CCN2. The Labute approximate surface area is 92.7 Å². The molecule has 0 saturated heterocycles. The van der Waals surface area contributed by atoms with Crippen molar-refractivity contribution in [3.05, 3.63) is 34.2 Å². The lowest BCUT2D eigenvalue weighted by molar-refractivity contribution is 0.481. The van der Waals surface area contributed by atoms with Crippen LogP contribution in [-0.2, 0) is 0 Å². The van der Waals surface area contributed by atoms with E-state index in [4.69, 9.17) is 0 Å². The van der Waals surface area contributed by atoms with Crippen molar-refractivity contribution in [3.63, 3.8) is 0 Å². The van der Waals surface area contributed by atoms with E-state index >= 15 is 0 Å². The summed E-state index contributed by atoms with van der Waals surface area (Å²) in [5.74, 6) is 1.15. The molecule has 0 bridgehead atoms. The van der Waals surface area contributed by atoms with E-state index in [2.05, 4.69) is 38.0 Å². The van der Waals surface area contributed by atoms with Gasteiger partial charge in [0.1, 0.15) is 5.82 Å². The zero-order chi connectivity index (χ0) is 10.3. The van der Waals surface area contributed by atoms with E-state index in [1.165, 1.54) is 5.56 Å². The number of aromatic nitrogens is 2. The van der Waals surface area contributed by atoms with Crippen molar-refractivity contribution in [1.82, 2.24) is 9.78 Å². The molecule has 0 saturated carbocycles. The van der Waals surface area contributed by atoms with E-state index in [-0.39, 0.29) is 0 Å². The molecule has 0 fully saturated rings. The van der Waals surface area contributed by atoms with Gasteiger partial charge in [0.15, 0.2) is 0 Å². The van der Waals surface area contributed by atoms with Crippen LogP contribution in [0.4, 0.5) is 5.82 Å². The molecule has 2 aromatic heterocycles. The zero-order valence-corrected chi connectivity index (χ0v) is 9.42. The second-order valence-corrected chi connectivity index (χ2v) is 4.68. The quantitative estimate of drug-likeness (QED) is 0.799. The first-order chi connectivity index (χ1) is 7.34. The predicted molar refractivity (Wildman–Crippen MR) is 62.5 cm³/mol. The second kappa shape index (κ2) is 3.38. The number of rotatable bonds is 1.